The number of hydrogen-bond donors (Lipinski definition) is 3. The summed E-state index contributed by atoms with van der Waals surface area (Å²) in [4.78, 5) is 39.9. The van der Waals surface area contributed by atoms with Crippen molar-refractivity contribution in [1.82, 2.24) is 39.7 Å². The minimum Gasteiger partial charge on any atom is -0.387 e. The molecule has 4 aromatic heterocycles. The summed E-state index contributed by atoms with van der Waals surface area (Å²) in [6, 6.07) is 3.65. The third-order valence-corrected chi connectivity index (χ3v) is 7.56. The number of amides is 1. The molecule has 2 aliphatic rings. The molecule has 0 saturated carbocycles. The Bertz CT molecular complexity index is 1480. The zero-order valence-corrected chi connectivity index (χ0v) is 20.5. The first-order valence-electron chi connectivity index (χ1n) is 12.3. The Morgan fingerprint density at radius 1 is 1.19 bits per heavy atom. The van der Waals surface area contributed by atoms with E-state index < -0.39 is 6.10 Å². The van der Waals surface area contributed by atoms with Crippen molar-refractivity contribution < 1.29 is 14.7 Å². The number of H-pyrrole nitrogens is 1. The van der Waals surface area contributed by atoms with Crippen LogP contribution in [0.15, 0.2) is 30.9 Å². The number of nitrogen functional groups attached to an aromatic ring is 1. The number of nitrogens with two attached hydrogens (primary N) is 1. The van der Waals surface area contributed by atoms with Crippen molar-refractivity contribution in [3.05, 3.63) is 53.6 Å². The number of piperidine rings is 1. The first kappa shape index (κ1) is 23.2. The fourth-order valence-corrected chi connectivity index (χ4v) is 5.87. The zero-order valence-electron chi connectivity index (χ0n) is 20.5. The lowest BCUT2D eigenvalue weighted by atomic mass is 9.85. The largest absolute Gasteiger partial charge is 0.387 e. The Kier molecular flexibility index (Phi) is 5.48. The predicted molar refractivity (Wildman–Crippen MR) is 133 cm³/mol. The summed E-state index contributed by atoms with van der Waals surface area (Å²) in [6.45, 7) is 3.15. The van der Waals surface area contributed by atoms with Crippen LogP contribution < -0.4 is 5.73 Å². The number of aromatic amines is 1. The quantitative estimate of drug-likeness (QED) is 0.347. The Morgan fingerprint density at radius 3 is 2.54 bits per heavy atom. The molecule has 6 heterocycles. The van der Waals surface area contributed by atoms with Crippen molar-refractivity contribution in [3.63, 3.8) is 0 Å². The highest BCUT2D eigenvalue weighted by molar-refractivity contribution is 6.00. The van der Waals surface area contributed by atoms with Crippen LogP contribution in [0.4, 0.5) is 5.82 Å². The van der Waals surface area contributed by atoms with Gasteiger partial charge in [0, 0.05) is 35.3 Å². The average molecular weight is 502 g/mol. The summed E-state index contributed by atoms with van der Waals surface area (Å²) in [5, 5.41) is 21.9. The third kappa shape index (κ3) is 3.75. The number of rotatable bonds is 5. The maximum Gasteiger partial charge on any atom is 0.292 e. The molecule has 6 rings (SSSR count). The fraction of sp³-hybridized carbons (Fsp3) is 0.400. The zero-order chi connectivity index (χ0) is 25.8. The van der Waals surface area contributed by atoms with Gasteiger partial charge in [-0.2, -0.15) is 9.61 Å². The lowest BCUT2D eigenvalue weighted by Gasteiger charge is -2.38. The standard InChI is InChI=1S/C25H27N9O3/c1-12(35)19-6-3-14(9-27-19)18-10-30-34-22(26)20(13(2)36)21(31-24(18)34)15-7-16-4-5-17(8-15)33(16)25(37)23-28-11-29-32-23/h3,6,9-12,15-17,35H,4-5,7-8,26H2,1-2H3,(H,28,29,32)/t12?,15-,16-,17+. The first-order valence-corrected chi connectivity index (χ1v) is 12.3. The minimum atomic E-state index is -0.673. The number of aromatic nitrogens is 7. The van der Waals surface area contributed by atoms with Gasteiger partial charge >= 0.3 is 0 Å². The molecule has 2 aliphatic heterocycles. The van der Waals surface area contributed by atoms with Crippen LogP contribution in [-0.4, -0.2) is 68.5 Å². The summed E-state index contributed by atoms with van der Waals surface area (Å²) >= 11 is 0. The van der Waals surface area contributed by atoms with E-state index in [-0.39, 0.29) is 41.3 Å². The number of nitrogens with one attached hydrogen (secondary N) is 1. The molecular weight excluding hydrogens is 474 g/mol. The molecule has 0 radical (unpaired) electrons. The number of carbonyl (C=O) groups is 2. The highest BCUT2D eigenvalue weighted by Crippen LogP contribution is 2.45. The molecule has 4 N–H and O–H groups in total. The van der Waals surface area contributed by atoms with E-state index in [0.717, 1.165) is 24.0 Å². The molecule has 4 atom stereocenters. The van der Waals surface area contributed by atoms with Gasteiger partial charge in [-0.1, -0.05) is 6.07 Å². The second-order valence-electron chi connectivity index (χ2n) is 9.86. The van der Waals surface area contributed by atoms with Crippen LogP contribution in [0.3, 0.4) is 0 Å². The number of pyridine rings is 1. The van der Waals surface area contributed by atoms with E-state index in [4.69, 9.17) is 10.7 Å². The van der Waals surface area contributed by atoms with Crippen molar-refractivity contribution in [2.45, 2.75) is 63.6 Å². The van der Waals surface area contributed by atoms with Crippen LogP contribution in [0.25, 0.3) is 16.8 Å². The second kappa shape index (κ2) is 8.73. The Balaban J connectivity index is 1.40. The number of Topliss-reactive ketones (excluding diaryl/α,β-unsaturated/α-hetero) is 1. The molecule has 12 nitrogen and oxygen atoms in total. The van der Waals surface area contributed by atoms with E-state index in [0.29, 0.717) is 35.4 Å². The van der Waals surface area contributed by atoms with E-state index in [2.05, 4.69) is 25.3 Å². The second-order valence-corrected chi connectivity index (χ2v) is 9.86. The highest BCUT2D eigenvalue weighted by atomic mass is 16.3. The van der Waals surface area contributed by atoms with Crippen LogP contribution in [-0.2, 0) is 0 Å². The number of carbonyl (C=O) groups excluding carboxylic acids is 2. The molecule has 1 amide bonds. The van der Waals surface area contributed by atoms with Gasteiger partial charge in [0.15, 0.2) is 11.4 Å². The lowest BCUT2D eigenvalue weighted by molar-refractivity contribution is 0.0556. The number of hydrogen-bond acceptors (Lipinski definition) is 9. The van der Waals surface area contributed by atoms with Crippen molar-refractivity contribution >= 4 is 23.2 Å². The number of ketones is 1. The van der Waals surface area contributed by atoms with Gasteiger partial charge in [-0.3, -0.25) is 14.6 Å². The Morgan fingerprint density at radius 2 is 1.95 bits per heavy atom. The molecular formula is C25H27N9O3. The smallest absolute Gasteiger partial charge is 0.292 e. The van der Waals surface area contributed by atoms with Crippen LogP contribution in [0.2, 0.25) is 0 Å². The first-order chi connectivity index (χ1) is 17.8. The SMILES string of the molecule is CC(=O)c1c([C@@H]2C[C@H]3CC[C@@H](C2)N3C(=O)c2nnc[nH]2)nc2c(-c3ccc(C(C)O)nc3)cnn2c1N. The molecule has 1 unspecified atom stereocenters. The molecule has 37 heavy (non-hydrogen) atoms. The molecule has 12 heteroatoms. The van der Waals surface area contributed by atoms with Gasteiger partial charge in [-0.05, 0) is 45.6 Å². The normalized spacial score (nSPS) is 21.9. The maximum atomic E-state index is 13.1. The number of anilines is 1. The molecule has 0 aliphatic carbocycles. The molecule has 2 saturated heterocycles. The molecule has 0 aromatic carbocycles. The molecule has 0 spiro atoms. The summed E-state index contributed by atoms with van der Waals surface area (Å²) in [7, 11) is 0. The minimum absolute atomic E-state index is 0.0157. The molecule has 4 aromatic rings. The summed E-state index contributed by atoms with van der Waals surface area (Å²) in [5.74, 6) is 0.127. The van der Waals surface area contributed by atoms with E-state index in [1.807, 2.05) is 11.0 Å². The number of nitrogens with zero attached hydrogens (tertiary/aromatic N) is 7. The van der Waals surface area contributed by atoms with Crippen molar-refractivity contribution in [1.29, 1.82) is 0 Å². The van der Waals surface area contributed by atoms with E-state index in [1.54, 1.807) is 25.4 Å². The van der Waals surface area contributed by atoms with Crippen molar-refractivity contribution in [2.75, 3.05) is 5.73 Å². The topological polar surface area (TPSA) is 168 Å². The maximum absolute atomic E-state index is 13.1. The van der Waals surface area contributed by atoms with Crippen LogP contribution in [0.5, 0.6) is 0 Å². The third-order valence-electron chi connectivity index (χ3n) is 7.56. The number of fused-ring (bicyclic) bond motifs is 3. The molecule has 2 fully saturated rings. The van der Waals surface area contributed by atoms with E-state index in [9.17, 15) is 14.7 Å². The fourth-order valence-electron chi connectivity index (χ4n) is 5.87. The van der Waals surface area contributed by atoms with Crippen LogP contribution >= 0.6 is 0 Å². The monoisotopic (exact) mass is 501 g/mol. The van der Waals surface area contributed by atoms with Crippen LogP contribution in [0, 0.1) is 0 Å². The number of aliphatic hydroxyl groups is 1. The van der Waals surface area contributed by atoms with E-state index in [1.165, 1.54) is 17.8 Å². The van der Waals surface area contributed by atoms with Gasteiger partial charge in [-0.15, -0.1) is 10.2 Å². The van der Waals surface area contributed by atoms with Gasteiger partial charge in [0.05, 0.1) is 29.3 Å². The van der Waals surface area contributed by atoms with Gasteiger partial charge in [0.25, 0.3) is 5.91 Å². The molecule has 2 bridgehead atoms. The lowest BCUT2D eigenvalue weighted by Crippen LogP contribution is -2.46. The van der Waals surface area contributed by atoms with Crippen molar-refractivity contribution in [3.8, 4) is 11.1 Å². The van der Waals surface area contributed by atoms with Crippen molar-refractivity contribution in [2.24, 2.45) is 0 Å². The van der Waals surface area contributed by atoms with Gasteiger partial charge < -0.3 is 20.7 Å². The van der Waals surface area contributed by atoms with E-state index >= 15 is 0 Å². The predicted octanol–water partition coefficient (Wildman–Crippen LogP) is 2.30. The Labute approximate surface area is 211 Å². The molecule has 190 valence electrons. The van der Waals surface area contributed by atoms with Crippen LogP contribution in [0.1, 0.15) is 83.9 Å². The van der Waals surface area contributed by atoms with Gasteiger partial charge in [-0.25, -0.2) is 4.98 Å². The summed E-state index contributed by atoms with van der Waals surface area (Å²) < 4.78 is 1.50. The van der Waals surface area contributed by atoms with Gasteiger partial charge in [0.1, 0.15) is 12.1 Å². The summed E-state index contributed by atoms with van der Waals surface area (Å²) in [6.07, 6.45) is 7.17. The highest BCUT2D eigenvalue weighted by Gasteiger charge is 2.45. The summed E-state index contributed by atoms with van der Waals surface area (Å²) in [5.41, 5.74) is 10.2. The number of aliphatic hydroxyl groups excluding tert-OH is 1. The average Bonchev–Trinajstić information content (AvgIpc) is 3.62. The Hall–Kier alpha value is -4.19. The van der Waals surface area contributed by atoms with Gasteiger partial charge in [0.2, 0.25) is 5.82 Å².